The summed E-state index contributed by atoms with van der Waals surface area (Å²) in [6.45, 7) is 13.0. The molecule has 1 rings (SSSR count). The Bertz CT molecular complexity index is 445. The van der Waals surface area contributed by atoms with E-state index in [0.29, 0.717) is 6.04 Å². The Labute approximate surface area is 145 Å². The summed E-state index contributed by atoms with van der Waals surface area (Å²) in [5.74, 6) is 0. The highest BCUT2D eigenvalue weighted by molar-refractivity contribution is 6.81. The molecule has 1 atom stereocenters. The van der Waals surface area contributed by atoms with E-state index < -0.39 is 8.07 Å². The molecule has 2 heteroatoms. The van der Waals surface area contributed by atoms with Gasteiger partial charge in [0.15, 0.2) is 0 Å². The molecule has 0 aromatic heterocycles. The van der Waals surface area contributed by atoms with Crippen molar-refractivity contribution < 1.29 is 0 Å². The van der Waals surface area contributed by atoms with Gasteiger partial charge in [-0.2, -0.15) is 0 Å². The maximum Gasteiger partial charge on any atom is 0.0687 e. The molecule has 0 saturated heterocycles. The van der Waals surface area contributed by atoms with Crippen LogP contribution in [0.25, 0.3) is 0 Å². The molecule has 1 N–H and O–H groups in total. The minimum atomic E-state index is -1.23. The smallest absolute Gasteiger partial charge is 0.0687 e. The van der Waals surface area contributed by atoms with Crippen LogP contribution in [0.2, 0.25) is 19.6 Å². The van der Waals surface area contributed by atoms with E-state index >= 15 is 0 Å². The van der Waals surface area contributed by atoms with Crippen molar-refractivity contribution in [3.63, 3.8) is 0 Å². The van der Waals surface area contributed by atoms with Crippen molar-refractivity contribution in [2.75, 3.05) is 6.54 Å². The van der Waals surface area contributed by atoms with Gasteiger partial charge >= 0.3 is 0 Å². The predicted molar refractivity (Wildman–Crippen MR) is 108 cm³/mol. The minimum absolute atomic E-state index is 0.393. The first-order valence-electron chi connectivity index (χ1n) is 9.48. The molecule has 0 heterocycles. The molecule has 1 nitrogen and oxygen atoms in total. The molecule has 130 valence electrons. The Balaban J connectivity index is 2.98. The topological polar surface area (TPSA) is 12.0 Å². The third-order valence-corrected chi connectivity index (χ3v) is 5.28. The molecule has 1 aromatic carbocycles. The summed E-state index contributed by atoms with van der Waals surface area (Å²) in [5, 5.41) is 3.80. The van der Waals surface area contributed by atoms with Gasteiger partial charge in [0.05, 0.1) is 14.1 Å². The van der Waals surface area contributed by atoms with Crippen molar-refractivity contribution in [3.05, 3.63) is 47.2 Å². The lowest BCUT2D eigenvalue weighted by Gasteiger charge is -2.25. The number of unbranched alkanes of at least 4 members (excludes halogenated alkanes) is 3. The van der Waals surface area contributed by atoms with Crippen LogP contribution in [0.1, 0.15) is 64.0 Å². The first kappa shape index (κ1) is 20.2. The van der Waals surface area contributed by atoms with Crippen LogP contribution in [0.15, 0.2) is 41.6 Å². The van der Waals surface area contributed by atoms with Gasteiger partial charge in [-0.25, -0.2) is 0 Å². The third kappa shape index (κ3) is 8.52. The lowest BCUT2D eigenvalue weighted by Crippen LogP contribution is -2.27. The van der Waals surface area contributed by atoms with Crippen molar-refractivity contribution in [3.8, 4) is 0 Å². The van der Waals surface area contributed by atoms with Gasteiger partial charge in [0.2, 0.25) is 0 Å². The van der Waals surface area contributed by atoms with E-state index in [1.165, 1.54) is 44.1 Å². The van der Waals surface area contributed by atoms with E-state index in [-0.39, 0.29) is 0 Å². The van der Waals surface area contributed by atoms with Gasteiger partial charge in [-0.3, -0.25) is 0 Å². The van der Waals surface area contributed by atoms with Gasteiger partial charge in [-0.15, -0.1) is 0 Å². The van der Waals surface area contributed by atoms with Crippen LogP contribution in [-0.2, 0) is 0 Å². The zero-order chi connectivity index (χ0) is 17.1. The standard InChI is InChI=1S/C21H37NSi/c1-6-8-9-11-16-20(18-23(3,4)5)21(22-17-7-2)19-14-12-10-13-15-19/h10,12-15,18,21-22H,6-9,11,16-17H2,1-5H3. The van der Waals surface area contributed by atoms with Gasteiger partial charge in [0.1, 0.15) is 0 Å². The Hall–Kier alpha value is -0.863. The van der Waals surface area contributed by atoms with Crippen LogP contribution in [0, 0.1) is 0 Å². The molecule has 1 unspecified atom stereocenters. The fourth-order valence-electron chi connectivity index (χ4n) is 3.01. The molecule has 0 saturated carbocycles. The summed E-state index contributed by atoms with van der Waals surface area (Å²) >= 11 is 0. The Morgan fingerprint density at radius 3 is 2.26 bits per heavy atom. The first-order chi connectivity index (χ1) is 11.0. The molecule has 0 aliphatic rings. The Morgan fingerprint density at radius 1 is 1.00 bits per heavy atom. The van der Waals surface area contributed by atoms with Crippen LogP contribution in [-0.4, -0.2) is 14.6 Å². The van der Waals surface area contributed by atoms with Crippen LogP contribution in [0.4, 0.5) is 0 Å². The summed E-state index contributed by atoms with van der Waals surface area (Å²) < 4.78 is 0. The molecule has 0 aliphatic heterocycles. The second-order valence-electron chi connectivity index (χ2n) is 7.69. The van der Waals surface area contributed by atoms with Gasteiger partial charge < -0.3 is 5.32 Å². The van der Waals surface area contributed by atoms with Crippen LogP contribution < -0.4 is 5.32 Å². The SMILES string of the molecule is CCCCCCC(=C[Si](C)(C)C)C(NCCC)c1ccccc1. The number of rotatable bonds is 11. The predicted octanol–water partition coefficient (Wildman–Crippen LogP) is 6.50. The van der Waals surface area contributed by atoms with E-state index in [4.69, 9.17) is 0 Å². The summed E-state index contributed by atoms with van der Waals surface area (Å²) in [6, 6.07) is 11.4. The maximum atomic E-state index is 3.80. The zero-order valence-corrected chi connectivity index (χ0v) is 17.0. The highest BCUT2D eigenvalue weighted by atomic mass is 28.3. The van der Waals surface area contributed by atoms with Crippen LogP contribution in [0.5, 0.6) is 0 Å². The lowest BCUT2D eigenvalue weighted by molar-refractivity contribution is 0.557. The Kier molecular flexibility index (Phi) is 9.50. The summed E-state index contributed by atoms with van der Waals surface area (Å²) in [6.07, 6.45) is 7.76. The molecule has 0 radical (unpaired) electrons. The second-order valence-corrected chi connectivity index (χ2v) is 12.7. The molecule has 23 heavy (non-hydrogen) atoms. The van der Waals surface area contributed by atoms with E-state index in [9.17, 15) is 0 Å². The molecular formula is C21H37NSi. The van der Waals surface area contributed by atoms with Crippen molar-refractivity contribution in [2.45, 2.75) is 78.1 Å². The van der Waals surface area contributed by atoms with E-state index in [0.717, 1.165) is 6.54 Å². The average Bonchev–Trinajstić information content (AvgIpc) is 2.51. The van der Waals surface area contributed by atoms with Gasteiger partial charge in [0.25, 0.3) is 0 Å². The average molecular weight is 332 g/mol. The molecular weight excluding hydrogens is 294 g/mol. The zero-order valence-electron chi connectivity index (χ0n) is 16.0. The number of hydrogen-bond donors (Lipinski definition) is 1. The number of nitrogens with one attached hydrogen (secondary N) is 1. The van der Waals surface area contributed by atoms with Gasteiger partial charge in [-0.1, -0.05) is 94.4 Å². The van der Waals surface area contributed by atoms with E-state index in [1.54, 1.807) is 5.57 Å². The largest absolute Gasteiger partial charge is 0.307 e. The van der Waals surface area contributed by atoms with E-state index in [2.05, 4.69) is 74.8 Å². The normalized spacial score (nSPS) is 14.0. The third-order valence-electron chi connectivity index (χ3n) is 4.04. The fraction of sp³-hybridized carbons (Fsp3) is 0.619. The second kappa shape index (κ2) is 10.8. The molecule has 0 amide bonds. The van der Waals surface area contributed by atoms with Gasteiger partial charge in [0, 0.05) is 0 Å². The van der Waals surface area contributed by atoms with Crippen LogP contribution in [0.3, 0.4) is 0 Å². The van der Waals surface area contributed by atoms with Crippen molar-refractivity contribution in [1.82, 2.24) is 5.32 Å². The van der Waals surface area contributed by atoms with Crippen molar-refractivity contribution in [1.29, 1.82) is 0 Å². The number of benzene rings is 1. The fourth-order valence-corrected chi connectivity index (χ4v) is 4.43. The maximum absolute atomic E-state index is 3.80. The molecule has 0 aliphatic carbocycles. The van der Waals surface area contributed by atoms with Crippen molar-refractivity contribution in [2.24, 2.45) is 0 Å². The van der Waals surface area contributed by atoms with Gasteiger partial charge in [-0.05, 0) is 31.4 Å². The molecule has 0 fully saturated rings. The summed E-state index contributed by atoms with van der Waals surface area (Å²) in [4.78, 5) is 0. The number of hydrogen-bond acceptors (Lipinski definition) is 1. The molecule has 0 bridgehead atoms. The van der Waals surface area contributed by atoms with Crippen LogP contribution >= 0.6 is 0 Å². The Morgan fingerprint density at radius 2 is 1.70 bits per heavy atom. The molecule has 1 aromatic rings. The highest BCUT2D eigenvalue weighted by Gasteiger charge is 2.19. The van der Waals surface area contributed by atoms with E-state index in [1.807, 2.05) is 0 Å². The molecule has 0 spiro atoms. The minimum Gasteiger partial charge on any atom is -0.307 e. The summed E-state index contributed by atoms with van der Waals surface area (Å²) in [7, 11) is -1.23. The summed E-state index contributed by atoms with van der Waals surface area (Å²) in [5.41, 5.74) is 5.68. The highest BCUT2D eigenvalue weighted by Crippen LogP contribution is 2.28. The lowest BCUT2D eigenvalue weighted by atomic mass is 9.95. The monoisotopic (exact) mass is 331 g/mol. The van der Waals surface area contributed by atoms with Crippen molar-refractivity contribution >= 4 is 8.07 Å². The quantitative estimate of drug-likeness (QED) is 0.360. The first-order valence-corrected chi connectivity index (χ1v) is 13.1.